The minimum Gasteiger partial charge on any atom is -0.465 e. The number of nitrogens with zero attached hydrogens (tertiary/aromatic N) is 1. The van der Waals surface area contributed by atoms with Crippen LogP contribution in [0.1, 0.15) is 21.6 Å². The molecule has 5 heteroatoms. The van der Waals surface area contributed by atoms with Crippen LogP contribution in [-0.4, -0.2) is 17.6 Å². The maximum absolute atomic E-state index is 12.2. The van der Waals surface area contributed by atoms with Crippen LogP contribution in [0.5, 0.6) is 0 Å². The zero-order valence-electron chi connectivity index (χ0n) is 11.4. The van der Waals surface area contributed by atoms with Gasteiger partial charge in [-0.2, -0.15) is 0 Å². The van der Waals surface area contributed by atoms with Gasteiger partial charge in [0.25, 0.3) is 5.56 Å². The van der Waals surface area contributed by atoms with E-state index in [0.29, 0.717) is 27.5 Å². The molecule has 0 aliphatic rings. The summed E-state index contributed by atoms with van der Waals surface area (Å²) < 4.78 is 6.24. The van der Waals surface area contributed by atoms with Crippen molar-refractivity contribution in [2.75, 3.05) is 7.11 Å². The molecule has 0 aliphatic carbocycles. The van der Waals surface area contributed by atoms with Gasteiger partial charge in [-0.15, -0.1) is 0 Å². The van der Waals surface area contributed by atoms with E-state index in [0.717, 1.165) is 0 Å². The van der Waals surface area contributed by atoms with E-state index < -0.39 is 5.97 Å². The number of pyridine rings is 1. The van der Waals surface area contributed by atoms with Crippen LogP contribution in [0.2, 0.25) is 5.02 Å². The highest BCUT2D eigenvalue weighted by Gasteiger charge is 2.17. The average molecular weight is 292 g/mol. The van der Waals surface area contributed by atoms with E-state index in [4.69, 9.17) is 16.3 Å². The summed E-state index contributed by atoms with van der Waals surface area (Å²) in [5.74, 6) is -0.456. The summed E-state index contributed by atoms with van der Waals surface area (Å²) in [7, 11) is 1.32. The lowest BCUT2D eigenvalue weighted by Gasteiger charge is -2.15. The Morgan fingerprint density at radius 3 is 2.35 bits per heavy atom. The number of ether oxygens (including phenoxy) is 1. The van der Waals surface area contributed by atoms with E-state index in [9.17, 15) is 9.59 Å². The number of aryl methyl sites for hydroxylation is 1. The number of halogens is 1. The quantitative estimate of drug-likeness (QED) is 0.799. The number of methoxy groups -OCH3 is 1. The van der Waals surface area contributed by atoms with E-state index >= 15 is 0 Å². The first kappa shape index (κ1) is 14.3. The first-order valence-electron chi connectivity index (χ1n) is 6.03. The molecule has 0 spiro atoms. The van der Waals surface area contributed by atoms with Gasteiger partial charge in [-0.3, -0.25) is 9.36 Å². The Bertz CT molecular complexity index is 717. The molecule has 1 aromatic carbocycles. The van der Waals surface area contributed by atoms with Gasteiger partial charge < -0.3 is 4.74 Å². The van der Waals surface area contributed by atoms with Gasteiger partial charge in [0, 0.05) is 22.5 Å². The number of carbonyl (C=O) groups is 1. The second kappa shape index (κ2) is 5.51. The van der Waals surface area contributed by atoms with E-state index in [2.05, 4.69) is 0 Å². The van der Waals surface area contributed by atoms with Crippen molar-refractivity contribution < 1.29 is 9.53 Å². The number of esters is 1. The summed E-state index contributed by atoms with van der Waals surface area (Å²) in [5, 5.41) is 0.583. The fraction of sp³-hybridized carbons (Fsp3) is 0.200. The topological polar surface area (TPSA) is 48.3 Å². The minimum atomic E-state index is -0.456. The van der Waals surface area contributed by atoms with Crippen LogP contribution in [0.15, 0.2) is 35.1 Å². The van der Waals surface area contributed by atoms with Gasteiger partial charge in [0.1, 0.15) is 0 Å². The highest BCUT2D eigenvalue weighted by atomic mass is 35.5. The number of carbonyl (C=O) groups excluding carboxylic acids is 1. The molecular weight excluding hydrogens is 278 g/mol. The summed E-state index contributed by atoms with van der Waals surface area (Å²) in [6.07, 6.45) is 0. The van der Waals surface area contributed by atoms with E-state index in [1.54, 1.807) is 38.1 Å². The highest BCUT2D eigenvalue weighted by molar-refractivity contribution is 6.30. The van der Waals surface area contributed by atoms with E-state index in [1.807, 2.05) is 0 Å². The van der Waals surface area contributed by atoms with Crippen LogP contribution >= 0.6 is 11.6 Å². The van der Waals surface area contributed by atoms with Crippen LogP contribution in [0.25, 0.3) is 5.69 Å². The first-order chi connectivity index (χ1) is 9.45. The third-order valence-electron chi connectivity index (χ3n) is 3.13. The monoisotopic (exact) mass is 291 g/mol. The zero-order chi connectivity index (χ0) is 14.9. The second-order valence-corrected chi connectivity index (χ2v) is 4.87. The maximum Gasteiger partial charge on any atom is 0.339 e. The SMILES string of the molecule is COC(=O)c1c(C)cc(=O)n(-c2ccc(Cl)cc2)c1C. The summed E-state index contributed by atoms with van der Waals surface area (Å²) in [6, 6.07) is 8.27. The van der Waals surface area contributed by atoms with E-state index in [1.165, 1.54) is 17.7 Å². The van der Waals surface area contributed by atoms with Crippen molar-refractivity contribution in [3.63, 3.8) is 0 Å². The van der Waals surface area contributed by atoms with Gasteiger partial charge in [0.15, 0.2) is 0 Å². The molecule has 0 N–H and O–H groups in total. The Labute approximate surface area is 121 Å². The summed E-state index contributed by atoms with van der Waals surface area (Å²) in [5.41, 5.74) is 2.01. The number of hydrogen-bond acceptors (Lipinski definition) is 3. The maximum atomic E-state index is 12.2. The number of hydrogen-bond donors (Lipinski definition) is 0. The number of rotatable bonds is 2. The summed E-state index contributed by atoms with van der Waals surface area (Å²) in [6.45, 7) is 3.43. The molecule has 104 valence electrons. The van der Waals surface area contributed by atoms with Gasteiger partial charge in [-0.05, 0) is 43.7 Å². The lowest BCUT2D eigenvalue weighted by molar-refractivity contribution is 0.0598. The molecule has 20 heavy (non-hydrogen) atoms. The zero-order valence-corrected chi connectivity index (χ0v) is 12.2. The molecule has 0 saturated carbocycles. The van der Waals surface area contributed by atoms with Crippen LogP contribution in [0.4, 0.5) is 0 Å². The highest BCUT2D eigenvalue weighted by Crippen LogP contribution is 2.18. The Morgan fingerprint density at radius 1 is 1.20 bits per heavy atom. The summed E-state index contributed by atoms with van der Waals surface area (Å²) >= 11 is 5.85. The average Bonchev–Trinajstić information content (AvgIpc) is 2.40. The van der Waals surface area contributed by atoms with E-state index in [-0.39, 0.29) is 5.56 Å². The molecule has 0 aliphatic heterocycles. The van der Waals surface area contributed by atoms with Gasteiger partial charge in [0.05, 0.1) is 12.7 Å². The molecule has 0 fully saturated rings. The van der Waals surface area contributed by atoms with Crippen LogP contribution in [0, 0.1) is 13.8 Å². The predicted molar refractivity (Wildman–Crippen MR) is 77.9 cm³/mol. The van der Waals surface area contributed by atoms with Crippen LogP contribution < -0.4 is 5.56 Å². The molecule has 0 atom stereocenters. The molecule has 0 saturated heterocycles. The standard InChI is InChI=1S/C15H14ClNO3/c1-9-8-13(18)17(10(2)14(9)15(19)20-3)12-6-4-11(16)5-7-12/h4-8H,1-3H3. The van der Waals surface area contributed by atoms with Crippen molar-refractivity contribution in [1.29, 1.82) is 0 Å². The van der Waals surface area contributed by atoms with Crippen molar-refractivity contribution in [2.45, 2.75) is 13.8 Å². The van der Waals surface area contributed by atoms with Gasteiger partial charge in [0.2, 0.25) is 0 Å². The Hall–Kier alpha value is -2.07. The molecule has 0 unspecified atom stereocenters. The van der Waals surface area contributed by atoms with Crippen LogP contribution in [-0.2, 0) is 4.74 Å². The smallest absolute Gasteiger partial charge is 0.339 e. The fourth-order valence-corrected chi connectivity index (χ4v) is 2.33. The lowest BCUT2D eigenvalue weighted by Crippen LogP contribution is -2.24. The predicted octanol–water partition coefficient (Wildman–Crippen LogP) is 2.89. The fourth-order valence-electron chi connectivity index (χ4n) is 2.21. The molecule has 4 nitrogen and oxygen atoms in total. The Kier molecular flexibility index (Phi) is 3.95. The lowest BCUT2D eigenvalue weighted by atomic mass is 10.1. The van der Waals surface area contributed by atoms with Crippen LogP contribution in [0.3, 0.4) is 0 Å². The summed E-state index contributed by atoms with van der Waals surface area (Å²) in [4.78, 5) is 24.0. The van der Waals surface area contributed by atoms with Crippen molar-refractivity contribution in [1.82, 2.24) is 4.57 Å². The minimum absolute atomic E-state index is 0.199. The number of benzene rings is 1. The largest absolute Gasteiger partial charge is 0.465 e. The van der Waals surface area contributed by atoms with Gasteiger partial charge >= 0.3 is 5.97 Å². The van der Waals surface area contributed by atoms with Crippen molar-refractivity contribution in [2.24, 2.45) is 0 Å². The molecule has 2 rings (SSSR count). The third-order valence-corrected chi connectivity index (χ3v) is 3.38. The number of aromatic nitrogens is 1. The normalized spacial score (nSPS) is 10.4. The van der Waals surface area contributed by atoms with Crippen molar-refractivity contribution in [3.8, 4) is 5.69 Å². The molecule has 0 bridgehead atoms. The Balaban J connectivity index is 2.74. The molecule has 0 amide bonds. The molecule has 0 radical (unpaired) electrons. The van der Waals surface area contributed by atoms with Crippen molar-refractivity contribution in [3.05, 3.63) is 62.5 Å². The molecular formula is C15H14ClNO3. The third kappa shape index (κ3) is 2.47. The van der Waals surface area contributed by atoms with Gasteiger partial charge in [-0.25, -0.2) is 4.79 Å². The first-order valence-corrected chi connectivity index (χ1v) is 6.41. The van der Waals surface area contributed by atoms with Gasteiger partial charge in [-0.1, -0.05) is 11.6 Å². The Morgan fingerprint density at radius 2 is 1.80 bits per heavy atom. The molecule has 1 heterocycles. The van der Waals surface area contributed by atoms with Crippen molar-refractivity contribution >= 4 is 17.6 Å². The second-order valence-electron chi connectivity index (χ2n) is 4.43. The molecule has 2 aromatic rings. The molecule has 1 aromatic heterocycles.